The highest BCUT2D eigenvalue weighted by atomic mass is 32.1. The molecule has 2 aromatic heterocycles. The number of thiophene rings is 1. The van der Waals surface area contributed by atoms with Gasteiger partial charge < -0.3 is 10.4 Å². The van der Waals surface area contributed by atoms with Gasteiger partial charge in [-0.3, -0.25) is 4.79 Å². The second-order valence-corrected chi connectivity index (χ2v) is 7.12. The van der Waals surface area contributed by atoms with E-state index >= 15 is 0 Å². The number of carboxylic acids is 1. The molecule has 0 radical (unpaired) electrons. The third-order valence-corrected chi connectivity index (χ3v) is 4.95. The minimum Gasteiger partial charge on any atom is -0.481 e. The lowest BCUT2D eigenvalue weighted by Gasteiger charge is -2.20. The maximum Gasteiger partial charge on any atom is 0.305 e. The van der Waals surface area contributed by atoms with E-state index < -0.39 is 5.97 Å². The molecule has 0 amide bonds. The van der Waals surface area contributed by atoms with Crippen LogP contribution in [0.3, 0.4) is 0 Å². The number of aromatic nitrogens is 1. The normalized spacial score (nSPS) is 14.2. The third-order valence-electron chi connectivity index (χ3n) is 3.07. The summed E-state index contributed by atoms with van der Waals surface area (Å²) < 4.78 is 0. The molecule has 0 fully saturated rings. The van der Waals surface area contributed by atoms with Crippen LogP contribution in [0, 0.1) is 13.8 Å². The minimum atomic E-state index is -0.797. The Hall–Kier alpha value is -1.24. The second kappa shape index (κ2) is 6.47. The summed E-state index contributed by atoms with van der Waals surface area (Å²) in [5, 5.41) is 15.5. The van der Waals surface area contributed by atoms with Crippen LogP contribution in [0.5, 0.6) is 0 Å². The molecule has 6 heteroatoms. The van der Waals surface area contributed by atoms with Gasteiger partial charge >= 0.3 is 5.97 Å². The van der Waals surface area contributed by atoms with Gasteiger partial charge in [0, 0.05) is 15.8 Å². The van der Waals surface area contributed by atoms with E-state index in [1.807, 2.05) is 31.4 Å². The van der Waals surface area contributed by atoms with E-state index in [1.54, 1.807) is 22.7 Å². The van der Waals surface area contributed by atoms with Gasteiger partial charge in [0.15, 0.2) is 0 Å². The summed E-state index contributed by atoms with van der Waals surface area (Å²) in [7, 11) is 0. The molecule has 0 aliphatic heterocycles. The lowest BCUT2D eigenvalue weighted by molar-refractivity contribution is -0.137. The highest BCUT2D eigenvalue weighted by Crippen LogP contribution is 2.28. The lowest BCUT2D eigenvalue weighted by atomic mass is 10.1. The molecule has 0 aliphatic carbocycles. The van der Waals surface area contributed by atoms with Crippen LogP contribution in [-0.2, 0) is 4.79 Å². The number of rotatable bonds is 6. The third kappa shape index (κ3) is 3.65. The van der Waals surface area contributed by atoms with Crippen LogP contribution < -0.4 is 5.32 Å². The van der Waals surface area contributed by atoms with Crippen LogP contribution >= 0.6 is 22.7 Å². The fourth-order valence-electron chi connectivity index (χ4n) is 2.23. The molecular weight excluding hydrogens is 292 g/mol. The number of carboxylic acid groups (broad SMARTS) is 1. The van der Waals surface area contributed by atoms with Gasteiger partial charge in [-0.15, -0.1) is 22.7 Å². The first kappa shape index (κ1) is 15.2. The Bertz CT molecular complexity index is 578. The number of carbonyl (C=O) groups is 1. The van der Waals surface area contributed by atoms with E-state index in [1.165, 1.54) is 4.88 Å². The molecule has 0 bridgehead atoms. The average molecular weight is 310 g/mol. The van der Waals surface area contributed by atoms with Crippen LogP contribution in [0.2, 0.25) is 0 Å². The second-order valence-electron chi connectivity index (χ2n) is 4.73. The Balaban J connectivity index is 2.15. The van der Waals surface area contributed by atoms with Gasteiger partial charge in [-0.1, -0.05) is 6.07 Å². The van der Waals surface area contributed by atoms with Gasteiger partial charge in [-0.05, 0) is 32.2 Å². The van der Waals surface area contributed by atoms with Gasteiger partial charge in [0.25, 0.3) is 0 Å². The molecule has 2 rings (SSSR count). The van der Waals surface area contributed by atoms with Crippen molar-refractivity contribution in [3.05, 3.63) is 38.0 Å². The molecule has 2 aromatic rings. The number of aliphatic carboxylic acids is 1. The van der Waals surface area contributed by atoms with Crippen molar-refractivity contribution in [3.63, 3.8) is 0 Å². The number of nitrogens with zero attached hydrogens (tertiary/aromatic N) is 1. The smallest absolute Gasteiger partial charge is 0.305 e. The highest BCUT2D eigenvalue weighted by molar-refractivity contribution is 7.11. The van der Waals surface area contributed by atoms with Crippen LogP contribution in [0.1, 0.15) is 45.9 Å². The summed E-state index contributed by atoms with van der Waals surface area (Å²) in [5.41, 5.74) is 1.01. The van der Waals surface area contributed by atoms with Crippen molar-refractivity contribution in [2.45, 2.75) is 39.3 Å². The van der Waals surface area contributed by atoms with Crippen LogP contribution in [-0.4, -0.2) is 16.1 Å². The van der Waals surface area contributed by atoms with Gasteiger partial charge in [0.1, 0.15) is 0 Å². The molecule has 2 unspecified atom stereocenters. The van der Waals surface area contributed by atoms with Gasteiger partial charge in [-0.25, -0.2) is 4.98 Å². The monoisotopic (exact) mass is 310 g/mol. The Labute approximate surface area is 126 Å². The van der Waals surface area contributed by atoms with E-state index in [2.05, 4.69) is 17.2 Å². The number of aryl methyl sites for hydroxylation is 2. The molecule has 0 spiro atoms. The predicted octanol–water partition coefficient (Wildman–Crippen LogP) is 3.69. The van der Waals surface area contributed by atoms with Crippen molar-refractivity contribution in [2.24, 2.45) is 0 Å². The zero-order valence-corrected chi connectivity index (χ0v) is 13.3. The summed E-state index contributed by atoms with van der Waals surface area (Å²) in [5.74, 6) is -0.797. The summed E-state index contributed by atoms with van der Waals surface area (Å²) in [4.78, 5) is 17.8. The van der Waals surface area contributed by atoms with Crippen molar-refractivity contribution < 1.29 is 9.90 Å². The van der Waals surface area contributed by atoms with Crippen molar-refractivity contribution in [3.8, 4) is 0 Å². The first-order valence-electron chi connectivity index (χ1n) is 6.42. The summed E-state index contributed by atoms with van der Waals surface area (Å²) in [6, 6.07) is 3.77. The Morgan fingerprint density at radius 3 is 2.75 bits per heavy atom. The maximum atomic E-state index is 11.0. The molecule has 0 saturated heterocycles. The molecule has 0 aromatic carbocycles. The largest absolute Gasteiger partial charge is 0.481 e. The summed E-state index contributed by atoms with van der Waals surface area (Å²) >= 11 is 3.25. The standard InChI is InChI=1S/C14H18N2O2S2/c1-8(14-9(2)20-10(3)16-14)15-11(7-13(17)18)12-5-4-6-19-12/h4-6,8,11,15H,7H2,1-3H3,(H,17,18). The number of thiazole rings is 1. The number of hydrogen-bond acceptors (Lipinski definition) is 5. The molecule has 108 valence electrons. The Morgan fingerprint density at radius 1 is 1.50 bits per heavy atom. The number of hydrogen-bond donors (Lipinski definition) is 2. The minimum absolute atomic E-state index is 0.0337. The fraction of sp³-hybridized carbons (Fsp3) is 0.429. The van der Waals surface area contributed by atoms with Crippen molar-refractivity contribution >= 4 is 28.6 Å². The molecule has 2 atom stereocenters. The number of nitrogens with one attached hydrogen (secondary N) is 1. The Morgan fingerprint density at radius 2 is 2.25 bits per heavy atom. The topological polar surface area (TPSA) is 62.2 Å². The molecule has 0 aliphatic rings. The molecule has 20 heavy (non-hydrogen) atoms. The van der Waals surface area contributed by atoms with Crippen LogP contribution in [0.4, 0.5) is 0 Å². The molecular formula is C14H18N2O2S2. The zero-order valence-electron chi connectivity index (χ0n) is 11.7. The van der Waals surface area contributed by atoms with E-state index in [-0.39, 0.29) is 18.5 Å². The highest BCUT2D eigenvalue weighted by Gasteiger charge is 2.21. The fourth-order valence-corrected chi connectivity index (χ4v) is 3.93. The Kier molecular flexibility index (Phi) is 4.91. The molecule has 2 heterocycles. The predicted molar refractivity (Wildman–Crippen MR) is 82.5 cm³/mol. The molecule has 0 saturated carbocycles. The van der Waals surface area contributed by atoms with E-state index in [9.17, 15) is 4.79 Å². The summed E-state index contributed by atoms with van der Waals surface area (Å²) in [6.45, 7) is 6.07. The lowest BCUT2D eigenvalue weighted by Crippen LogP contribution is -2.26. The van der Waals surface area contributed by atoms with Crippen molar-refractivity contribution in [1.29, 1.82) is 0 Å². The van der Waals surface area contributed by atoms with E-state index in [0.29, 0.717) is 0 Å². The average Bonchev–Trinajstić information content (AvgIpc) is 2.97. The van der Waals surface area contributed by atoms with Crippen molar-refractivity contribution in [1.82, 2.24) is 10.3 Å². The van der Waals surface area contributed by atoms with Gasteiger partial charge in [-0.2, -0.15) is 0 Å². The molecule has 4 nitrogen and oxygen atoms in total. The first-order valence-corrected chi connectivity index (χ1v) is 8.12. The maximum absolute atomic E-state index is 11.0. The van der Waals surface area contributed by atoms with E-state index in [0.717, 1.165) is 15.6 Å². The molecule has 2 N–H and O–H groups in total. The first-order chi connectivity index (χ1) is 9.47. The van der Waals surface area contributed by atoms with Gasteiger partial charge in [0.2, 0.25) is 0 Å². The summed E-state index contributed by atoms with van der Waals surface area (Å²) in [6.07, 6.45) is 0.0764. The van der Waals surface area contributed by atoms with Gasteiger partial charge in [0.05, 0.1) is 23.2 Å². The van der Waals surface area contributed by atoms with Crippen molar-refractivity contribution in [2.75, 3.05) is 0 Å². The zero-order chi connectivity index (χ0) is 14.7. The van der Waals surface area contributed by atoms with E-state index in [4.69, 9.17) is 5.11 Å². The SMILES string of the molecule is Cc1nc(C(C)NC(CC(=O)O)c2cccs2)c(C)s1. The van der Waals surface area contributed by atoms with Crippen LogP contribution in [0.25, 0.3) is 0 Å². The van der Waals surface area contributed by atoms with Crippen LogP contribution in [0.15, 0.2) is 17.5 Å². The quantitative estimate of drug-likeness (QED) is 0.854.